The molecule has 0 spiro atoms. The van der Waals surface area contributed by atoms with Crippen LogP contribution in [0.15, 0.2) is 12.1 Å². The van der Waals surface area contributed by atoms with Crippen LogP contribution in [0.4, 0.5) is 26.2 Å². The lowest BCUT2D eigenvalue weighted by Crippen LogP contribution is -2.40. The molecule has 1 aromatic carbocycles. The molecule has 1 atom stereocenters. The maximum Gasteiger partial charge on any atom is 0.404 e. The Morgan fingerprint density at radius 3 is 2.79 bits per heavy atom. The molecule has 0 saturated carbocycles. The van der Waals surface area contributed by atoms with E-state index in [9.17, 15) is 24.1 Å². The lowest BCUT2D eigenvalue weighted by Gasteiger charge is -2.28. The summed E-state index contributed by atoms with van der Waals surface area (Å²) in [6.07, 6.45) is 0.0461. The van der Waals surface area contributed by atoms with Crippen LogP contribution in [0.3, 0.4) is 0 Å². The molecule has 0 aromatic heterocycles. The molecular weight excluding hydrogens is 323 g/mol. The Hall–Kier alpha value is -2.91. The van der Waals surface area contributed by atoms with E-state index in [0.717, 1.165) is 12.1 Å². The van der Waals surface area contributed by atoms with Gasteiger partial charge in [-0.3, -0.25) is 14.9 Å². The molecular formula is C14H17FN4O5. The molecule has 1 fully saturated rings. The molecule has 130 valence electrons. The molecule has 1 unspecified atom stereocenters. The Labute approximate surface area is 136 Å². The van der Waals surface area contributed by atoms with Gasteiger partial charge in [0.1, 0.15) is 17.2 Å². The monoisotopic (exact) mass is 340 g/mol. The number of hydrogen-bond donors (Lipinski definition) is 3. The number of benzene rings is 1. The van der Waals surface area contributed by atoms with Crippen LogP contribution in [0.5, 0.6) is 0 Å². The second-order valence-corrected chi connectivity index (χ2v) is 5.40. The Morgan fingerprint density at radius 2 is 2.21 bits per heavy atom. The summed E-state index contributed by atoms with van der Waals surface area (Å²) in [6, 6.07) is 1.60. The van der Waals surface area contributed by atoms with E-state index in [1.807, 2.05) is 0 Å². The number of halogens is 1. The van der Waals surface area contributed by atoms with Crippen molar-refractivity contribution in [2.45, 2.75) is 25.8 Å². The van der Waals surface area contributed by atoms with Crippen molar-refractivity contribution >= 4 is 29.1 Å². The molecule has 1 aliphatic heterocycles. The third-order valence-corrected chi connectivity index (χ3v) is 3.76. The maximum absolute atomic E-state index is 14.2. The van der Waals surface area contributed by atoms with E-state index < -0.39 is 22.7 Å². The first-order valence-corrected chi connectivity index (χ1v) is 7.29. The normalized spacial score (nSPS) is 16.8. The maximum atomic E-state index is 14.2. The highest BCUT2D eigenvalue weighted by Crippen LogP contribution is 2.41. The molecule has 1 aromatic rings. The molecule has 3 N–H and O–H groups in total. The van der Waals surface area contributed by atoms with Crippen LogP contribution < -0.4 is 15.5 Å². The molecule has 2 amide bonds. The quantitative estimate of drug-likeness (QED) is 0.555. The van der Waals surface area contributed by atoms with Gasteiger partial charge in [0, 0.05) is 32.1 Å². The highest BCUT2D eigenvalue weighted by Gasteiger charge is 2.34. The van der Waals surface area contributed by atoms with Crippen molar-refractivity contribution < 1.29 is 24.0 Å². The highest BCUT2D eigenvalue weighted by atomic mass is 19.1. The predicted octanol–water partition coefficient (Wildman–Crippen LogP) is 1.93. The van der Waals surface area contributed by atoms with Gasteiger partial charge in [-0.2, -0.15) is 0 Å². The molecule has 1 heterocycles. The summed E-state index contributed by atoms with van der Waals surface area (Å²) in [6.45, 7) is 1.61. The first-order valence-electron chi connectivity index (χ1n) is 7.29. The van der Waals surface area contributed by atoms with E-state index in [2.05, 4.69) is 10.6 Å². The zero-order valence-electron chi connectivity index (χ0n) is 12.9. The second-order valence-electron chi connectivity index (χ2n) is 5.40. The average molecular weight is 340 g/mol. The van der Waals surface area contributed by atoms with Crippen molar-refractivity contribution in [2.24, 2.45) is 0 Å². The minimum atomic E-state index is -1.21. The first kappa shape index (κ1) is 17.4. The number of nitro benzene ring substituents is 1. The van der Waals surface area contributed by atoms with E-state index in [1.165, 1.54) is 6.92 Å². The van der Waals surface area contributed by atoms with E-state index in [0.29, 0.717) is 19.4 Å². The molecule has 0 aliphatic carbocycles. The van der Waals surface area contributed by atoms with Crippen LogP contribution in [0.2, 0.25) is 0 Å². The van der Waals surface area contributed by atoms with Gasteiger partial charge in [-0.15, -0.1) is 0 Å². The standard InChI is InChI=1S/C14H17FN4O5/c1-8(20)17-12-10(15)4-5-11(19(23)24)13(12)18-6-2-3-9(18)7-16-14(21)22/h4-5,9,16H,2-3,6-7H2,1H3,(H,17,20)(H,21,22). The smallest absolute Gasteiger partial charge is 0.404 e. The zero-order valence-corrected chi connectivity index (χ0v) is 12.9. The van der Waals surface area contributed by atoms with Crippen LogP contribution >= 0.6 is 0 Å². The lowest BCUT2D eigenvalue weighted by molar-refractivity contribution is -0.384. The van der Waals surface area contributed by atoms with E-state index in [1.54, 1.807) is 4.90 Å². The van der Waals surface area contributed by atoms with E-state index in [4.69, 9.17) is 5.11 Å². The molecule has 1 aliphatic rings. The van der Waals surface area contributed by atoms with Gasteiger partial charge in [0.25, 0.3) is 5.69 Å². The average Bonchev–Trinajstić information content (AvgIpc) is 2.94. The Morgan fingerprint density at radius 1 is 1.50 bits per heavy atom. The van der Waals surface area contributed by atoms with Crippen LogP contribution in [-0.2, 0) is 4.79 Å². The fourth-order valence-electron chi connectivity index (χ4n) is 2.84. The lowest BCUT2D eigenvalue weighted by atomic mass is 10.1. The molecule has 9 nitrogen and oxygen atoms in total. The fraction of sp³-hybridized carbons (Fsp3) is 0.429. The largest absolute Gasteiger partial charge is 0.465 e. The number of amides is 2. The van der Waals surface area contributed by atoms with E-state index >= 15 is 0 Å². The molecule has 0 radical (unpaired) electrons. The SMILES string of the molecule is CC(=O)Nc1c(F)ccc([N+](=O)[O-])c1N1CCCC1CNC(=O)O. The van der Waals surface area contributed by atoms with Crippen LogP contribution in [0.1, 0.15) is 19.8 Å². The summed E-state index contributed by atoms with van der Waals surface area (Å²) in [5, 5.41) is 24.6. The Balaban J connectivity index is 2.48. The number of carbonyl (C=O) groups excluding carboxylic acids is 1. The van der Waals surface area contributed by atoms with Crippen LogP contribution in [-0.4, -0.2) is 41.2 Å². The van der Waals surface area contributed by atoms with Gasteiger partial charge in [-0.1, -0.05) is 0 Å². The highest BCUT2D eigenvalue weighted by molar-refractivity contribution is 5.95. The Kier molecular flexibility index (Phi) is 5.17. The van der Waals surface area contributed by atoms with E-state index in [-0.39, 0.29) is 29.6 Å². The van der Waals surface area contributed by atoms with Crippen molar-refractivity contribution in [1.29, 1.82) is 0 Å². The Bertz CT molecular complexity index is 681. The molecule has 1 saturated heterocycles. The number of hydrogen-bond acceptors (Lipinski definition) is 5. The van der Waals surface area contributed by atoms with Gasteiger partial charge in [-0.25, -0.2) is 9.18 Å². The van der Waals surface area contributed by atoms with Crippen LogP contribution in [0.25, 0.3) is 0 Å². The number of anilines is 2. The number of nitrogens with one attached hydrogen (secondary N) is 2. The summed E-state index contributed by atoms with van der Waals surface area (Å²) in [7, 11) is 0. The van der Waals surface area contributed by atoms with Crippen molar-refractivity contribution in [1.82, 2.24) is 5.32 Å². The van der Waals surface area contributed by atoms with Gasteiger partial charge in [0.05, 0.1) is 4.92 Å². The van der Waals surface area contributed by atoms with Gasteiger partial charge in [0.2, 0.25) is 5.91 Å². The van der Waals surface area contributed by atoms with Gasteiger partial charge in [0.15, 0.2) is 0 Å². The van der Waals surface area contributed by atoms with Gasteiger partial charge in [-0.05, 0) is 18.9 Å². The topological polar surface area (TPSA) is 125 Å². The number of carbonyl (C=O) groups is 2. The zero-order chi connectivity index (χ0) is 17.9. The second kappa shape index (κ2) is 7.11. The van der Waals surface area contributed by atoms with Crippen molar-refractivity contribution in [3.05, 3.63) is 28.1 Å². The van der Waals surface area contributed by atoms with Crippen molar-refractivity contribution in [2.75, 3.05) is 23.3 Å². The molecule has 2 rings (SSSR count). The molecule has 10 heteroatoms. The number of rotatable bonds is 5. The number of carboxylic acid groups (broad SMARTS) is 1. The first-order chi connectivity index (χ1) is 11.3. The molecule has 0 bridgehead atoms. The third-order valence-electron chi connectivity index (χ3n) is 3.76. The summed E-state index contributed by atoms with van der Waals surface area (Å²) < 4.78 is 14.2. The summed E-state index contributed by atoms with van der Waals surface area (Å²) in [4.78, 5) is 34.3. The molecule has 24 heavy (non-hydrogen) atoms. The summed E-state index contributed by atoms with van der Waals surface area (Å²) in [5.74, 6) is -1.35. The third kappa shape index (κ3) is 3.70. The number of nitrogens with zero attached hydrogens (tertiary/aromatic N) is 2. The number of nitro groups is 1. The van der Waals surface area contributed by atoms with Gasteiger partial charge < -0.3 is 20.6 Å². The minimum absolute atomic E-state index is 0.0371. The van der Waals surface area contributed by atoms with Crippen LogP contribution in [0, 0.1) is 15.9 Å². The van der Waals surface area contributed by atoms with Crippen molar-refractivity contribution in [3.8, 4) is 0 Å². The van der Waals surface area contributed by atoms with Crippen molar-refractivity contribution in [3.63, 3.8) is 0 Å². The predicted molar refractivity (Wildman–Crippen MR) is 83.8 cm³/mol. The van der Waals surface area contributed by atoms with Gasteiger partial charge >= 0.3 is 6.09 Å². The summed E-state index contributed by atoms with van der Waals surface area (Å²) >= 11 is 0. The minimum Gasteiger partial charge on any atom is -0.465 e. The fourth-order valence-corrected chi connectivity index (χ4v) is 2.84. The summed E-state index contributed by atoms with van der Waals surface area (Å²) in [5.41, 5.74) is -0.647.